The highest BCUT2D eigenvalue weighted by atomic mass is 19.4. The normalized spacial score (nSPS) is 18.9. The highest BCUT2D eigenvalue weighted by Crippen LogP contribution is 2.41. The maximum atomic E-state index is 13.4. The highest BCUT2D eigenvalue weighted by molar-refractivity contribution is 5.96. The van der Waals surface area contributed by atoms with Crippen molar-refractivity contribution in [3.63, 3.8) is 0 Å². The monoisotopic (exact) mass is 583 g/mol. The molecule has 2 aliphatic heterocycles. The molecule has 15 heteroatoms. The van der Waals surface area contributed by atoms with Gasteiger partial charge in [0, 0.05) is 24.3 Å². The fraction of sp³-hybridized carbons (Fsp3) is 0.440. The van der Waals surface area contributed by atoms with Gasteiger partial charge in [-0.15, -0.1) is 0 Å². The zero-order chi connectivity index (χ0) is 29.7. The second-order valence-corrected chi connectivity index (χ2v) is 9.61. The number of alkyl halides is 9. The van der Waals surface area contributed by atoms with Gasteiger partial charge in [0.05, 0.1) is 24.3 Å². The van der Waals surface area contributed by atoms with Crippen LogP contribution in [0.3, 0.4) is 0 Å². The Hall–Kier alpha value is -3.49. The van der Waals surface area contributed by atoms with E-state index in [1.807, 2.05) is 0 Å². The van der Waals surface area contributed by atoms with E-state index >= 15 is 0 Å². The summed E-state index contributed by atoms with van der Waals surface area (Å²) in [5.41, 5.74) is -5.13. The van der Waals surface area contributed by atoms with E-state index in [0.29, 0.717) is 17.8 Å². The van der Waals surface area contributed by atoms with E-state index in [-0.39, 0.29) is 38.7 Å². The van der Waals surface area contributed by atoms with Gasteiger partial charge in [0.25, 0.3) is 5.91 Å². The van der Waals surface area contributed by atoms with Gasteiger partial charge >= 0.3 is 18.5 Å². The van der Waals surface area contributed by atoms with Gasteiger partial charge in [0.15, 0.2) is 6.10 Å². The molecule has 2 fully saturated rings. The molecule has 2 aromatic rings. The van der Waals surface area contributed by atoms with Crippen LogP contribution in [-0.4, -0.2) is 70.8 Å². The Morgan fingerprint density at radius 3 is 1.88 bits per heavy atom. The Morgan fingerprint density at radius 1 is 0.875 bits per heavy atom. The second-order valence-electron chi connectivity index (χ2n) is 9.61. The number of halogens is 9. The first-order valence-electron chi connectivity index (χ1n) is 11.9. The Bertz CT molecular complexity index is 1220. The van der Waals surface area contributed by atoms with Crippen LogP contribution < -0.4 is 4.90 Å². The molecule has 1 unspecified atom stereocenters. The number of rotatable bonds is 4. The molecule has 1 spiro atoms. The summed E-state index contributed by atoms with van der Waals surface area (Å²) in [5, 5.41) is 9.56. The summed E-state index contributed by atoms with van der Waals surface area (Å²) < 4.78 is 119. The van der Waals surface area contributed by atoms with Gasteiger partial charge in [0.1, 0.15) is 5.54 Å². The number of aliphatic hydroxyl groups excluding tert-OH is 1. The van der Waals surface area contributed by atoms with Crippen LogP contribution in [0.4, 0.5) is 45.2 Å². The highest BCUT2D eigenvalue weighted by Gasteiger charge is 2.55. The molecule has 0 aliphatic carbocycles. The maximum absolute atomic E-state index is 13.4. The lowest BCUT2D eigenvalue weighted by molar-refractivity contribution is -0.207. The summed E-state index contributed by atoms with van der Waals surface area (Å²) in [5.74, 6) is -1.86. The third-order valence-electron chi connectivity index (χ3n) is 7.07. The van der Waals surface area contributed by atoms with Crippen LogP contribution in [-0.2, 0) is 17.1 Å². The molecule has 2 aromatic carbocycles. The summed E-state index contributed by atoms with van der Waals surface area (Å²) in [6.07, 6.45) is -18.4. The van der Waals surface area contributed by atoms with Crippen LogP contribution in [0.5, 0.6) is 0 Å². The van der Waals surface area contributed by atoms with Gasteiger partial charge < -0.3 is 19.8 Å². The predicted molar refractivity (Wildman–Crippen MR) is 122 cm³/mol. The molecule has 40 heavy (non-hydrogen) atoms. The quantitative estimate of drug-likeness (QED) is 0.519. The summed E-state index contributed by atoms with van der Waals surface area (Å²) in [6.45, 7) is -1.91. The first-order valence-corrected chi connectivity index (χ1v) is 11.9. The molecule has 0 bridgehead atoms. The van der Waals surface area contributed by atoms with E-state index in [1.165, 1.54) is 4.90 Å². The van der Waals surface area contributed by atoms with Crippen LogP contribution in [0.25, 0.3) is 0 Å². The van der Waals surface area contributed by atoms with Crippen LogP contribution >= 0.6 is 0 Å². The molecule has 0 saturated carbocycles. The minimum Gasteiger partial charge on any atom is -0.382 e. The number of piperidine rings is 1. The number of β-amino-alcohol motifs (C(OH)–C–C–N with tert-alkyl or cyclic N) is 1. The Kier molecular flexibility index (Phi) is 7.49. The number of amides is 2. The fourth-order valence-electron chi connectivity index (χ4n) is 4.99. The number of hydrogen-bond donors (Lipinski definition) is 1. The van der Waals surface area contributed by atoms with Crippen molar-refractivity contribution in [2.75, 3.05) is 31.2 Å². The zero-order valence-electron chi connectivity index (χ0n) is 20.4. The lowest BCUT2D eigenvalue weighted by Crippen LogP contribution is -2.57. The van der Waals surface area contributed by atoms with Gasteiger partial charge in [-0.05, 0) is 43.2 Å². The molecule has 2 amide bonds. The van der Waals surface area contributed by atoms with Gasteiger partial charge in [0.2, 0.25) is 5.91 Å². The number of hydrogen-bond acceptors (Lipinski definition) is 4. The molecular weight excluding hydrogens is 561 g/mol. The molecule has 6 nitrogen and oxygen atoms in total. The molecular formula is C25H22F9N3O3. The summed E-state index contributed by atoms with van der Waals surface area (Å²) >= 11 is 0. The minimum atomic E-state index is -5.15. The van der Waals surface area contributed by atoms with E-state index in [9.17, 15) is 54.2 Å². The number of aliphatic hydroxyl groups is 1. The van der Waals surface area contributed by atoms with Crippen LogP contribution in [0.1, 0.15) is 34.3 Å². The van der Waals surface area contributed by atoms with Crippen molar-refractivity contribution in [2.45, 2.75) is 43.0 Å². The van der Waals surface area contributed by atoms with Gasteiger partial charge in [-0.1, -0.05) is 18.2 Å². The smallest absolute Gasteiger partial charge is 0.382 e. The van der Waals surface area contributed by atoms with Crippen molar-refractivity contribution in [1.82, 2.24) is 9.80 Å². The van der Waals surface area contributed by atoms with E-state index in [2.05, 4.69) is 0 Å². The van der Waals surface area contributed by atoms with E-state index in [0.717, 1.165) is 9.80 Å². The van der Waals surface area contributed by atoms with Crippen molar-refractivity contribution < 1.29 is 54.2 Å². The van der Waals surface area contributed by atoms with Crippen molar-refractivity contribution >= 4 is 17.5 Å². The Labute approximate surface area is 221 Å². The SMILES string of the molecule is O=C(c1cc(C(F)(F)F)cc(C(F)(F)F)c1)N1CCC2(CC1)C(=O)N(CC(O)C(F)(F)F)CN2c1ccccc1. The second kappa shape index (κ2) is 10.2. The zero-order valence-corrected chi connectivity index (χ0v) is 20.4. The number of benzene rings is 2. The van der Waals surface area contributed by atoms with Crippen molar-refractivity contribution in [3.8, 4) is 0 Å². The van der Waals surface area contributed by atoms with Crippen LogP contribution in [0.2, 0.25) is 0 Å². The minimum absolute atomic E-state index is 0.0964. The molecule has 0 radical (unpaired) electrons. The Balaban J connectivity index is 1.61. The molecule has 218 valence electrons. The number of likely N-dealkylation sites (tertiary alicyclic amines) is 1. The lowest BCUT2D eigenvalue weighted by atomic mass is 9.85. The standard InChI is InChI=1S/C25H22F9N3O3/c26-23(27,28)16-10-15(11-17(12-16)24(29,30)31)20(39)35-8-6-22(7-9-35)21(40)36(13-19(38)25(32,33)34)14-37(22)18-4-2-1-3-5-18/h1-5,10-12,19,38H,6-9,13-14H2. The Morgan fingerprint density at radius 2 is 1.40 bits per heavy atom. The van der Waals surface area contributed by atoms with E-state index < -0.39 is 65.2 Å². The van der Waals surface area contributed by atoms with Crippen molar-refractivity contribution in [3.05, 3.63) is 65.2 Å². The summed E-state index contributed by atoms with van der Waals surface area (Å²) in [7, 11) is 0. The first kappa shape index (κ1) is 29.5. The number of carbonyl (C=O) groups excluding carboxylic acids is 2. The van der Waals surface area contributed by atoms with Gasteiger partial charge in [-0.25, -0.2) is 0 Å². The summed E-state index contributed by atoms with van der Waals surface area (Å²) in [4.78, 5) is 29.9. The molecule has 2 aliphatic rings. The predicted octanol–water partition coefficient (Wildman–Crippen LogP) is 4.93. The number of nitrogens with zero attached hydrogens (tertiary/aromatic N) is 3. The van der Waals surface area contributed by atoms with Crippen molar-refractivity contribution in [2.24, 2.45) is 0 Å². The third kappa shape index (κ3) is 5.69. The lowest BCUT2D eigenvalue weighted by Gasteiger charge is -2.43. The van der Waals surface area contributed by atoms with Gasteiger partial charge in [-0.2, -0.15) is 39.5 Å². The first-order chi connectivity index (χ1) is 18.4. The van der Waals surface area contributed by atoms with Crippen LogP contribution in [0.15, 0.2) is 48.5 Å². The van der Waals surface area contributed by atoms with Crippen molar-refractivity contribution in [1.29, 1.82) is 0 Å². The maximum Gasteiger partial charge on any atom is 0.416 e. The van der Waals surface area contributed by atoms with Gasteiger partial charge in [-0.3, -0.25) is 9.59 Å². The third-order valence-corrected chi connectivity index (χ3v) is 7.07. The molecule has 2 saturated heterocycles. The topological polar surface area (TPSA) is 64.1 Å². The molecule has 4 rings (SSSR count). The van der Waals surface area contributed by atoms with E-state index in [1.54, 1.807) is 30.3 Å². The number of para-hydroxylation sites is 1. The number of anilines is 1. The average Bonchev–Trinajstić information content (AvgIpc) is 3.13. The largest absolute Gasteiger partial charge is 0.416 e. The molecule has 0 aromatic heterocycles. The van der Waals surface area contributed by atoms with E-state index in [4.69, 9.17) is 0 Å². The summed E-state index contributed by atoms with van der Waals surface area (Å²) in [6, 6.07) is 8.69. The average molecular weight is 583 g/mol. The fourth-order valence-corrected chi connectivity index (χ4v) is 4.99. The molecule has 1 N–H and O–H groups in total. The number of carbonyl (C=O) groups is 2. The van der Waals surface area contributed by atoms with Crippen LogP contribution in [0, 0.1) is 0 Å². The molecule has 1 atom stereocenters. The molecule has 2 heterocycles.